The molecule has 0 unspecified atom stereocenters. The Balaban J connectivity index is 2.05. The number of ketones is 1. The number of carbonyl (C=O) groups is 1. The fourth-order valence-corrected chi connectivity index (χ4v) is 3.82. The summed E-state index contributed by atoms with van der Waals surface area (Å²) in [5.41, 5.74) is 0.493. The van der Waals surface area contributed by atoms with Crippen molar-refractivity contribution in [3.05, 3.63) is 52.9 Å². The highest BCUT2D eigenvalue weighted by molar-refractivity contribution is 7.91. The van der Waals surface area contributed by atoms with Crippen LogP contribution in [0.5, 0.6) is 0 Å². The summed E-state index contributed by atoms with van der Waals surface area (Å²) in [5, 5.41) is 0. The Morgan fingerprint density at radius 1 is 1.16 bits per heavy atom. The molecule has 0 saturated heterocycles. The van der Waals surface area contributed by atoms with Gasteiger partial charge in [-0.05, 0) is 19.1 Å². The molecule has 0 radical (unpaired) electrons. The zero-order valence-electron chi connectivity index (χ0n) is 10.3. The van der Waals surface area contributed by atoms with Crippen LogP contribution in [0.15, 0.2) is 46.7 Å². The van der Waals surface area contributed by atoms with Gasteiger partial charge < -0.3 is 0 Å². The van der Waals surface area contributed by atoms with E-state index in [2.05, 4.69) is 4.72 Å². The molecule has 6 heteroatoms. The summed E-state index contributed by atoms with van der Waals surface area (Å²) in [6.45, 7) is 1.60. The van der Waals surface area contributed by atoms with E-state index in [0.717, 1.165) is 4.88 Å². The van der Waals surface area contributed by atoms with E-state index in [1.807, 2.05) is 6.92 Å². The number of benzene rings is 1. The zero-order chi connectivity index (χ0) is 13.9. The molecule has 4 nitrogen and oxygen atoms in total. The second-order valence-corrected chi connectivity index (χ2v) is 7.26. The molecule has 0 saturated carbocycles. The lowest BCUT2D eigenvalue weighted by Gasteiger charge is -2.04. The smallest absolute Gasteiger partial charge is 0.250 e. The molecule has 0 spiro atoms. The first kappa shape index (κ1) is 13.9. The lowest BCUT2D eigenvalue weighted by atomic mass is 10.1. The summed E-state index contributed by atoms with van der Waals surface area (Å²) in [5.74, 6) is -0.252. The second-order valence-electron chi connectivity index (χ2n) is 3.98. The molecule has 2 aromatic rings. The average Bonchev–Trinajstić information content (AvgIpc) is 2.85. The standard InChI is InChI=1S/C13H13NO3S2/c1-10-7-8-13(18-10)19(16,17)14-9-12(15)11-5-3-2-4-6-11/h2-8,14H,9H2,1H3. The van der Waals surface area contributed by atoms with E-state index in [0.29, 0.717) is 5.56 Å². The molecule has 0 fully saturated rings. The quantitative estimate of drug-likeness (QED) is 0.860. The van der Waals surface area contributed by atoms with Gasteiger partial charge in [0.15, 0.2) is 5.78 Å². The zero-order valence-corrected chi connectivity index (χ0v) is 11.9. The minimum atomic E-state index is -3.59. The molecule has 1 heterocycles. The van der Waals surface area contributed by atoms with E-state index in [1.54, 1.807) is 36.4 Å². The maximum atomic E-state index is 11.9. The van der Waals surface area contributed by atoms with Gasteiger partial charge in [-0.3, -0.25) is 4.79 Å². The van der Waals surface area contributed by atoms with Crippen molar-refractivity contribution < 1.29 is 13.2 Å². The van der Waals surface area contributed by atoms with Gasteiger partial charge in [-0.1, -0.05) is 30.3 Å². The van der Waals surface area contributed by atoms with Crippen molar-refractivity contribution in [3.8, 4) is 0 Å². The Bertz CT molecular complexity index is 675. The van der Waals surface area contributed by atoms with Crippen LogP contribution in [0.4, 0.5) is 0 Å². The topological polar surface area (TPSA) is 63.2 Å². The third-order valence-corrected chi connectivity index (χ3v) is 5.39. The lowest BCUT2D eigenvalue weighted by Crippen LogP contribution is -2.29. The number of thiophene rings is 1. The Morgan fingerprint density at radius 3 is 2.42 bits per heavy atom. The van der Waals surface area contributed by atoms with Crippen LogP contribution >= 0.6 is 11.3 Å². The first-order chi connectivity index (χ1) is 8.99. The molecule has 2 rings (SSSR count). The van der Waals surface area contributed by atoms with Crippen molar-refractivity contribution in [1.29, 1.82) is 0 Å². The van der Waals surface area contributed by atoms with Crippen LogP contribution in [0.2, 0.25) is 0 Å². The number of carbonyl (C=O) groups excluding carboxylic acids is 1. The Kier molecular flexibility index (Phi) is 4.14. The fourth-order valence-electron chi connectivity index (χ4n) is 1.51. The third-order valence-electron chi connectivity index (χ3n) is 2.50. The molecule has 0 aliphatic carbocycles. The number of rotatable bonds is 5. The molecule has 100 valence electrons. The minimum absolute atomic E-state index is 0.228. The van der Waals surface area contributed by atoms with Gasteiger partial charge in [0, 0.05) is 10.4 Å². The van der Waals surface area contributed by atoms with E-state index in [1.165, 1.54) is 17.4 Å². The molecule has 1 N–H and O–H groups in total. The normalized spacial score (nSPS) is 11.4. The monoisotopic (exact) mass is 295 g/mol. The average molecular weight is 295 g/mol. The van der Waals surface area contributed by atoms with Crippen molar-refractivity contribution in [2.75, 3.05) is 6.54 Å². The molecular weight excluding hydrogens is 282 g/mol. The molecule has 0 bridgehead atoms. The Hall–Kier alpha value is -1.50. The predicted octanol–water partition coefficient (Wildman–Crippen LogP) is 2.22. The largest absolute Gasteiger partial charge is 0.293 e. The van der Waals surface area contributed by atoms with E-state index in [9.17, 15) is 13.2 Å². The first-order valence-corrected chi connectivity index (χ1v) is 7.93. The highest BCUT2D eigenvalue weighted by Crippen LogP contribution is 2.20. The fraction of sp³-hybridized carbons (Fsp3) is 0.154. The lowest BCUT2D eigenvalue weighted by molar-refractivity contribution is 0.0997. The first-order valence-electron chi connectivity index (χ1n) is 5.63. The summed E-state index contributed by atoms with van der Waals surface area (Å²) < 4.78 is 26.4. The molecule has 0 atom stereocenters. The van der Waals surface area contributed by atoms with Crippen LogP contribution in [-0.2, 0) is 10.0 Å². The molecule has 0 amide bonds. The third kappa shape index (κ3) is 3.50. The molecule has 0 aliphatic heterocycles. The maximum Gasteiger partial charge on any atom is 0.250 e. The molecular formula is C13H13NO3S2. The SMILES string of the molecule is Cc1ccc(S(=O)(=O)NCC(=O)c2ccccc2)s1. The van der Waals surface area contributed by atoms with Gasteiger partial charge in [-0.15, -0.1) is 11.3 Å². The van der Waals surface area contributed by atoms with Crippen LogP contribution < -0.4 is 4.72 Å². The molecule has 1 aromatic heterocycles. The summed E-state index contributed by atoms with van der Waals surface area (Å²) in [6.07, 6.45) is 0. The van der Waals surface area contributed by atoms with E-state index in [-0.39, 0.29) is 16.5 Å². The maximum absolute atomic E-state index is 11.9. The van der Waals surface area contributed by atoms with Crippen LogP contribution in [0.25, 0.3) is 0 Å². The van der Waals surface area contributed by atoms with Gasteiger partial charge in [-0.25, -0.2) is 13.1 Å². The molecule has 0 aliphatic rings. The summed E-state index contributed by atoms with van der Waals surface area (Å²) in [4.78, 5) is 12.7. The van der Waals surface area contributed by atoms with Crippen molar-refractivity contribution in [2.24, 2.45) is 0 Å². The highest BCUT2D eigenvalue weighted by atomic mass is 32.2. The van der Waals surface area contributed by atoms with Crippen molar-refractivity contribution in [2.45, 2.75) is 11.1 Å². The van der Waals surface area contributed by atoms with E-state index >= 15 is 0 Å². The highest BCUT2D eigenvalue weighted by Gasteiger charge is 2.17. The van der Waals surface area contributed by atoms with Crippen molar-refractivity contribution in [3.63, 3.8) is 0 Å². The van der Waals surface area contributed by atoms with Crippen molar-refractivity contribution in [1.82, 2.24) is 4.72 Å². The number of hydrogen-bond donors (Lipinski definition) is 1. The van der Waals surface area contributed by atoms with Gasteiger partial charge >= 0.3 is 0 Å². The number of aryl methyl sites for hydroxylation is 1. The minimum Gasteiger partial charge on any atom is -0.293 e. The van der Waals surface area contributed by atoms with E-state index in [4.69, 9.17) is 0 Å². The molecule has 1 aromatic carbocycles. The van der Waals surface area contributed by atoms with Gasteiger partial charge in [0.2, 0.25) is 10.0 Å². The van der Waals surface area contributed by atoms with Gasteiger partial charge in [0.05, 0.1) is 6.54 Å². The van der Waals surface area contributed by atoms with Crippen LogP contribution in [-0.4, -0.2) is 20.7 Å². The number of Topliss-reactive ketones (excluding diaryl/α,β-unsaturated/α-hetero) is 1. The summed E-state index contributed by atoms with van der Waals surface area (Å²) in [6, 6.07) is 11.9. The predicted molar refractivity (Wildman–Crippen MR) is 75.0 cm³/mol. The second kappa shape index (κ2) is 5.64. The van der Waals surface area contributed by atoms with Crippen LogP contribution in [0.3, 0.4) is 0 Å². The Morgan fingerprint density at radius 2 is 1.84 bits per heavy atom. The number of sulfonamides is 1. The Labute approximate surface area is 116 Å². The van der Waals surface area contributed by atoms with Gasteiger partial charge in [0.25, 0.3) is 0 Å². The van der Waals surface area contributed by atoms with Gasteiger partial charge in [-0.2, -0.15) is 0 Å². The van der Waals surface area contributed by atoms with Crippen LogP contribution in [0, 0.1) is 6.92 Å². The van der Waals surface area contributed by atoms with E-state index < -0.39 is 10.0 Å². The molecule has 19 heavy (non-hydrogen) atoms. The number of nitrogens with one attached hydrogen (secondary N) is 1. The summed E-state index contributed by atoms with van der Waals surface area (Å²) >= 11 is 1.18. The summed E-state index contributed by atoms with van der Waals surface area (Å²) in [7, 11) is -3.59. The van der Waals surface area contributed by atoms with Crippen molar-refractivity contribution >= 4 is 27.1 Å². The van der Waals surface area contributed by atoms with Gasteiger partial charge in [0.1, 0.15) is 4.21 Å². The van der Waals surface area contributed by atoms with Crippen LogP contribution in [0.1, 0.15) is 15.2 Å². The number of hydrogen-bond acceptors (Lipinski definition) is 4.